The molecule has 6 nitrogen and oxygen atoms in total. The number of halogens is 11. The predicted molar refractivity (Wildman–Crippen MR) is 132 cm³/mol. The average Bonchev–Trinajstić information content (AvgIpc) is 3.29. The Morgan fingerprint density at radius 2 is 0.705 bits per heavy atom. The zero-order valence-electron chi connectivity index (χ0n) is 21.3. The van der Waals surface area contributed by atoms with Crippen LogP contribution in [0.1, 0.15) is 29.2 Å². The number of fused-ring (bicyclic) bond motifs is 2. The fourth-order valence-electron chi connectivity index (χ4n) is 4.98. The Bertz CT molecular complexity index is 1930. The van der Waals surface area contributed by atoms with Gasteiger partial charge < -0.3 is 0 Å². The number of hydrogen-bond acceptors (Lipinski definition) is 4. The van der Waals surface area contributed by atoms with Crippen LogP contribution in [0.2, 0.25) is 0 Å². The van der Waals surface area contributed by atoms with Crippen LogP contribution in [0.3, 0.4) is 0 Å². The monoisotopic (exact) mass is 636 g/mol. The molecule has 0 radical (unpaired) electrons. The molecule has 0 saturated carbocycles. The van der Waals surface area contributed by atoms with E-state index >= 15 is 0 Å². The van der Waals surface area contributed by atoms with E-state index in [0.29, 0.717) is 55.5 Å². The summed E-state index contributed by atoms with van der Waals surface area (Å²) in [6, 6.07) is 4.24. The van der Waals surface area contributed by atoms with Gasteiger partial charge in [-0.25, -0.2) is 17.9 Å². The summed E-state index contributed by atoms with van der Waals surface area (Å²) in [5, 5.41) is -7.74. The number of hydrogen-bond donors (Lipinski definition) is 0. The Kier molecular flexibility index (Phi) is 6.50. The van der Waals surface area contributed by atoms with Crippen LogP contribution in [0.25, 0.3) is 32.9 Å². The van der Waals surface area contributed by atoms with Gasteiger partial charge in [0.25, 0.3) is 28.2 Å². The van der Waals surface area contributed by atoms with Crippen LogP contribution in [0.5, 0.6) is 0 Å². The van der Waals surface area contributed by atoms with Gasteiger partial charge in [-0.2, -0.15) is 39.5 Å². The van der Waals surface area contributed by atoms with Gasteiger partial charge >= 0.3 is 18.5 Å². The predicted octanol–water partition coefficient (Wildman–Crippen LogP) is 6.06. The second-order valence-corrected chi connectivity index (χ2v) is 9.62. The van der Waals surface area contributed by atoms with Crippen molar-refractivity contribution in [1.82, 2.24) is 9.13 Å². The third-order valence-corrected chi connectivity index (χ3v) is 6.82. The van der Waals surface area contributed by atoms with Crippen LogP contribution in [0.15, 0.2) is 67.7 Å². The summed E-state index contributed by atoms with van der Waals surface area (Å²) in [6.45, 7) is 0.471. The average molecular weight is 636 g/mol. The molecule has 0 unspecified atom stereocenters. The molecule has 5 rings (SSSR count). The Balaban J connectivity index is 1.99. The van der Waals surface area contributed by atoms with E-state index in [0.717, 1.165) is 0 Å². The van der Waals surface area contributed by atoms with Crippen molar-refractivity contribution >= 4 is 21.5 Å². The molecule has 0 aliphatic carbocycles. The van der Waals surface area contributed by atoms with Crippen LogP contribution in [0, 0.1) is 0 Å². The van der Waals surface area contributed by atoms with Gasteiger partial charge in [0.1, 0.15) is 0 Å². The minimum atomic E-state index is -5.84. The van der Waals surface area contributed by atoms with Crippen molar-refractivity contribution in [1.29, 1.82) is 0 Å². The maximum Gasteiger partial charge on any atom is 0.418 e. The van der Waals surface area contributed by atoms with E-state index in [1.807, 2.05) is 0 Å². The van der Waals surface area contributed by atoms with Gasteiger partial charge in [0.05, 0.1) is 49.6 Å². The molecule has 2 aromatic heterocycles. The van der Waals surface area contributed by atoms with Gasteiger partial charge in [-0.1, -0.05) is 12.1 Å². The zero-order chi connectivity index (χ0) is 32.9. The highest BCUT2D eigenvalue weighted by atomic mass is 19.4. The summed E-state index contributed by atoms with van der Waals surface area (Å²) in [5.41, 5.74) is -16.4. The molecule has 0 aliphatic rings. The van der Waals surface area contributed by atoms with E-state index in [4.69, 9.17) is 0 Å². The number of nitrogens with zero attached hydrogens (tertiary/aromatic N) is 2. The topological polar surface area (TPSA) is 78.1 Å². The van der Waals surface area contributed by atoms with Crippen LogP contribution >= 0.6 is 0 Å². The fraction of sp³-hybridized carbons (Fsp3) is 0.185. The van der Waals surface area contributed by atoms with E-state index in [-0.39, 0.29) is 9.13 Å². The highest BCUT2D eigenvalue weighted by Crippen LogP contribution is 2.44. The SMILES string of the molecule is CC(F)(F)c1ccc(-n2c(=O)c3c(C(F)(F)F)c4c(=O)n(-c5ccc(C(F)(F)F)cc5)c(=O)c4c(C(F)(F)F)c3c2=O)cc1. The first kappa shape index (κ1) is 30.6. The third-order valence-electron chi connectivity index (χ3n) is 6.82. The lowest BCUT2D eigenvalue weighted by Crippen LogP contribution is -2.25. The summed E-state index contributed by atoms with van der Waals surface area (Å²) in [5.74, 6) is -3.45. The molecule has 0 fully saturated rings. The van der Waals surface area contributed by atoms with Crippen LogP contribution in [-0.4, -0.2) is 9.13 Å². The van der Waals surface area contributed by atoms with E-state index in [1.54, 1.807) is 0 Å². The molecule has 230 valence electrons. The molecule has 0 saturated heterocycles. The number of benzene rings is 3. The van der Waals surface area contributed by atoms with Crippen molar-refractivity contribution in [3.05, 3.63) is 112 Å². The second kappa shape index (κ2) is 9.33. The zero-order valence-corrected chi connectivity index (χ0v) is 21.3. The first-order chi connectivity index (χ1) is 20.1. The molecule has 2 heterocycles. The first-order valence-corrected chi connectivity index (χ1v) is 11.9. The lowest BCUT2D eigenvalue weighted by molar-refractivity contribution is -0.137. The number of rotatable bonds is 3. The molecular formula is C27H11F11N2O4. The Morgan fingerprint density at radius 3 is 0.932 bits per heavy atom. The molecule has 3 aromatic carbocycles. The standard InChI is InChI=1S/C27H11F11N2O4/c1-24(28,29)10-2-6-12(7-3-10)39-20(41)14-15(21(39)42)19(27(36,37)38)17-16(18(14)26(33,34)35)22(43)40(23(17)44)13-8-4-11(5-9-13)25(30,31)32/h2-9H,1H3. The van der Waals surface area contributed by atoms with Crippen molar-refractivity contribution < 1.29 is 48.3 Å². The molecule has 5 aromatic rings. The maximum atomic E-state index is 14.5. The van der Waals surface area contributed by atoms with Crippen LogP contribution in [0.4, 0.5) is 48.3 Å². The lowest BCUT2D eigenvalue weighted by atomic mass is 9.96. The minimum Gasteiger partial charge on any atom is -0.268 e. The quantitative estimate of drug-likeness (QED) is 0.226. The molecule has 0 bridgehead atoms. The largest absolute Gasteiger partial charge is 0.418 e. The van der Waals surface area contributed by atoms with Crippen molar-refractivity contribution in [2.24, 2.45) is 0 Å². The van der Waals surface area contributed by atoms with Crippen LogP contribution in [-0.2, 0) is 24.5 Å². The molecule has 0 aliphatic heterocycles. The molecule has 17 heteroatoms. The van der Waals surface area contributed by atoms with Crippen molar-refractivity contribution in [3.63, 3.8) is 0 Å². The van der Waals surface area contributed by atoms with Gasteiger partial charge in [-0.15, -0.1) is 0 Å². The third kappa shape index (κ3) is 4.57. The smallest absolute Gasteiger partial charge is 0.268 e. The van der Waals surface area contributed by atoms with E-state index in [9.17, 15) is 67.5 Å². The summed E-state index contributed by atoms with van der Waals surface area (Å²) in [7, 11) is 0. The summed E-state index contributed by atoms with van der Waals surface area (Å²) >= 11 is 0. The van der Waals surface area contributed by atoms with Crippen molar-refractivity contribution in [2.45, 2.75) is 31.4 Å². The second-order valence-electron chi connectivity index (χ2n) is 9.62. The first-order valence-electron chi connectivity index (χ1n) is 11.9. The molecule has 0 spiro atoms. The highest BCUT2D eigenvalue weighted by Gasteiger charge is 2.47. The summed E-state index contributed by atoms with van der Waals surface area (Å²) in [4.78, 5) is 53.0. The molecule has 0 amide bonds. The number of aromatic nitrogens is 2. The van der Waals surface area contributed by atoms with Gasteiger partial charge in [-0.3, -0.25) is 19.2 Å². The summed E-state index contributed by atoms with van der Waals surface area (Å²) in [6.07, 6.45) is -16.6. The van der Waals surface area contributed by atoms with Gasteiger partial charge in [0.2, 0.25) is 0 Å². The van der Waals surface area contributed by atoms with Gasteiger partial charge in [0, 0.05) is 12.5 Å². The van der Waals surface area contributed by atoms with E-state index in [1.165, 1.54) is 0 Å². The van der Waals surface area contributed by atoms with Crippen LogP contribution < -0.4 is 22.2 Å². The molecular weight excluding hydrogens is 625 g/mol. The van der Waals surface area contributed by atoms with Crippen molar-refractivity contribution in [3.8, 4) is 11.4 Å². The fourth-order valence-corrected chi connectivity index (χ4v) is 4.98. The highest BCUT2D eigenvalue weighted by molar-refractivity contribution is 6.07. The van der Waals surface area contributed by atoms with Gasteiger partial charge in [0.15, 0.2) is 0 Å². The maximum absolute atomic E-state index is 14.5. The molecule has 0 N–H and O–H groups in total. The Labute approximate surface area is 234 Å². The minimum absolute atomic E-state index is 0.148. The van der Waals surface area contributed by atoms with E-state index in [2.05, 4.69) is 0 Å². The van der Waals surface area contributed by atoms with Gasteiger partial charge in [-0.05, 0) is 36.4 Å². The van der Waals surface area contributed by atoms with Crippen molar-refractivity contribution in [2.75, 3.05) is 0 Å². The Hall–Kier alpha value is -4.83. The Morgan fingerprint density at radius 1 is 0.432 bits per heavy atom. The summed E-state index contributed by atoms with van der Waals surface area (Å²) < 4.78 is 153. The molecule has 44 heavy (non-hydrogen) atoms. The lowest BCUT2D eigenvalue weighted by Gasteiger charge is -2.13. The molecule has 0 atom stereocenters. The number of alkyl halides is 11. The van der Waals surface area contributed by atoms with E-state index < -0.39 is 102 Å². The normalized spacial score (nSPS) is 13.4.